The molecule has 0 unspecified atom stereocenters. The fraction of sp³-hybridized carbons (Fsp3) is 0.100. The highest BCUT2D eigenvalue weighted by Crippen LogP contribution is 2.37. The molecular formula is C10H11N5O4S2. The Morgan fingerprint density at radius 3 is 2.67 bits per heavy atom. The van der Waals surface area contributed by atoms with Gasteiger partial charge in [0.2, 0.25) is 0 Å². The maximum Gasteiger partial charge on any atom is 0.306 e. The van der Waals surface area contributed by atoms with Crippen molar-refractivity contribution in [2.75, 3.05) is 16.8 Å². The first-order valence-corrected chi connectivity index (χ1v) is 7.78. The number of aromatic nitrogens is 1. The molecule has 2 aromatic heterocycles. The summed E-state index contributed by atoms with van der Waals surface area (Å²) in [5, 5.41) is 10.8. The van der Waals surface area contributed by atoms with Gasteiger partial charge in [0, 0.05) is 19.3 Å². The van der Waals surface area contributed by atoms with E-state index in [2.05, 4.69) is 10.4 Å². The van der Waals surface area contributed by atoms with Crippen molar-refractivity contribution in [2.45, 2.75) is 4.21 Å². The molecule has 0 radical (unpaired) electrons. The SMILES string of the molecule is CN(c1ccccn1)S(=O)(=O)c1cc([N+](=O)[O-])c(NN)s1. The first kappa shape index (κ1) is 15.2. The number of pyridine rings is 1. The molecule has 11 heteroatoms. The monoisotopic (exact) mass is 329 g/mol. The molecule has 0 aliphatic heterocycles. The van der Waals surface area contributed by atoms with E-state index in [1.807, 2.05) is 0 Å². The Morgan fingerprint density at radius 2 is 2.19 bits per heavy atom. The zero-order valence-electron chi connectivity index (χ0n) is 10.8. The van der Waals surface area contributed by atoms with Crippen molar-refractivity contribution in [1.82, 2.24) is 4.98 Å². The minimum absolute atomic E-state index is 0.0343. The number of nitro groups is 1. The second-order valence-corrected chi connectivity index (χ2v) is 7.09. The van der Waals surface area contributed by atoms with Gasteiger partial charge in [-0.2, -0.15) is 0 Å². The van der Waals surface area contributed by atoms with E-state index in [4.69, 9.17) is 5.84 Å². The molecule has 21 heavy (non-hydrogen) atoms. The molecule has 0 amide bonds. The molecule has 0 atom stereocenters. The van der Waals surface area contributed by atoms with Crippen LogP contribution in [0, 0.1) is 10.1 Å². The van der Waals surface area contributed by atoms with Crippen LogP contribution in [-0.2, 0) is 10.0 Å². The van der Waals surface area contributed by atoms with E-state index in [1.54, 1.807) is 12.1 Å². The van der Waals surface area contributed by atoms with Gasteiger partial charge in [-0.15, -0.1) is 0 Å². The number of hydrazine groups is 1. The topological polar surface area (TPSA) is 131 Å². The van der Waals surface area contributed by atoms with Crippen molar-refractivity contribution in [3.8, 4) is 0 Å². The van der Waals surface area contributed by atoms with Crippen molar-refractivity contribution in [1.29, 1.82) is 0 Å². The zero-order chi connectivity index (χ0) is 15.6. The van der Waals surface area contributed by atoms with Crippen LogP contribution < -0.4 is 15.6 Å². The second-order valence-electron chi connectivity index (χ2n) is 3.84. The molecule has 2 aromatic rings. The predicted octanol–water partition coefficient (Wildman–Crippen LogP) is 1.16. The summed E-state index contributed by atoms with van der Waals surface area (Å²) < 4.78 is 25.6. The van der Waals surface area contributed by atoms with Gasteiger partial charge in [0.1, 0.15) is 10.0 Å². The number of hydrogen-bond donors (Lipinski definition) is 2. The minimum atomic E-state index is -3.95. The number of sulfonamides is 1. The smallest absolute Gasteiger partial charge is 0.306 e. The van der Waals surface area contributed by atoms with Crippen molar-refractivity contribution in [3.63, 3.8) is 0 Å². The number of thiophene rings is 1. The molecule has 2 rings (SSSR count). The Hall–Kier alpha value is -2.24. The van der Waals surface area contributed by atoms with Crippen LogP contribution in [0.2, 0.25) is 0 Å². The van der Waals surface area contributed by atoms with Gasteiger partial charge in [-0.05, 0) is 12.1 Å². The third kappa shape index (κ3) is 2.79. The summed E-state index contributed by atoms with van der Waals surface area (Å²) in [7, 11) is -2.63. The van der Waals surface area contributed by atoms with Gasteiger partial charge in [-0.25, -0.2) is 19.2 Å². The molecule has 0 aromatic carbocycles. The Morgan fingerprint density at radius 1 is 1.48 bits per heavy atom. The maximum absolute atomic E-state index is 12.4. The lowest BCUT2D eigenvalue weighted by molar-refractivity contribution is -0.383. The standard InChI is InChI=1S/C10H11N5O4S2/c1-14(8-4-2-3-5-12-8)21(18,19)9-6-7(15(16)17)10(13-11)20-9/h2-6,13H,11H2,1H3. The minimum Gasteiger partial charge on any atom is -0.310 e. The van der Waals surface area contributed by atoms with Crippen molar-refractivity contribution in [3.05, 3.63) is 40.6 Å². The van der Waals surface area contributed by atoms with Crippen molar-refractivity contribution in [2.24, 2.45) is 5.84 Å². The summed E-state index contributed by atoms with van der Waals surface area (Å²) in [6, 6.07) is 5.77. The quantitative estimate of drug-likeness (QED) is 0.478. The van der Waals surface area contributed by atoms with Crippen LogP contribution in [0.4, 0.5) is 16.5 Å². The van der Waals surface area contributed by atoms with Gasteiger partial charge >= 0.3 is 5.69 Å². The van der Waals surface area contributed by atoms with Crippen LogP contribution in [0.15, 0.2) is 34.7 Å². The third-order valence-electron chi connectivity index (χ3n) is 2.60. The summed E-state index contributed by atoms with van der Waals surface area (Å²) in [6.07, 6.45) is 1.45. The molecular weight excluding hydrogens is 318 g/mol. The molecule has 0 saturated heterocycles. The normalized spacial score (nSPS) is 11.1. The van der Waals surface area contributed by atoms with E-state index in [-0.39, 0.29) is 15.0 Å². The number of nitrogen functional groups attached to an aromatic ring is 1. The number of nitrogens with zero attached hydrogens (tertiary/aromatic N) is 3. The molecule has 3 N–H and O–H groups in total. The lowest BCUT2D eigenvalue weighted by Crippen LogP contribution is -2.26. The molecule has 0 spiro atoms. The number of nitrogens with two attached hydrogens (primary N) is 1. The Labute approximate surface area is 124 Å². The highest BCUT2D eigenvalue weighted by molar-refractivity contribution is 7.94. The Bertz CT molecular complexity index is 759. The molecule has 2 heterocycles. The van der Waals surface area contributed by atoms with Gasteiger partial charge in [-0.3, -0.25) is 14.4 Å². The average Bonchev–Trinajstić information content (AvgIpc) is 2.92. The maximum atomic E-state index is 12.4. The van der Waals surface area contributed by atoms with Crippen molar-refractivity contribution >= 4 is 37.9 Å². The number of hydrogen-bond acceptors (Lipinski definition) is 8. The molecule has 0 saturated carbocycles. The van der Waals surface area contributed by atoms with Crippen LogP contribution in [0.25, 0.3) is 0 Å². The van der Waals surface area contributed by atoms with Crippen LogP contribution in [-0.4, -0.2) is 25.4 Å². The molecule has 0 aliphatic carbocycles. The van der Waals surface area contributed by atoms with Gasteiger partial charge in [-0.1, -0.05) is 17.4 Å². The summed E-state index contributed by atoms with van der Waals surface area (Å²) in [5.74, 6) is 5.37. The van der Waals surface area contributed by atoms with Gasteiger partial charge in [0.15, 0.2) is 5.00 Å². The highest BCUT2D eigenvalue weighted by atomic mass is 32.2. The van der Waals surface area contributed by atoms with Gasteiger partial charge in [0.05, 0.1) is 4.92 Å². The molecule has 0 bridgehead atoms. The lowest BCUT2D eigenvalue weighted by Gasteiger charge is -2.16. The first-order valence-electron chi connectivity index (χ1n) is 5.52. The third-order valence-corrected chi connectivity index (χ3v) is 5.87. The molecule has 9 nitrogen and oxygen atoms in total. The van der Waals surface area contributed by atoms with E-state index in [1.165, 1.54) is 19.3 Å². The summed E-state index contributed by atoms with van der Waals surface area (Å²) in [4.78, 5) is 14.1. The van der Waals surface area contributed by atoms with Crippen molar-refractivity contribution < 1.29 is 13.3 Å². The second kappa shape index (κ2) is 5.63. The summed E-state index contributed by atoms with van der Waals surface area (Å²) in [6.45, 7) is 0. The van der Waals surface area contributed by atoms with Crippen LogP contribution in [0.1, 0.15) is 0 Å². The largest absolute Gasteiger partial charge is 0.310 e. The summed E-state index contributed by atoms with van der Waals surface area (Å²) >= 11 is 0.683. The molecule has 112 valence electrons. The van der Waals surface area contributed by atoms with Crippen LogP contribution in [0.5, 0.6) is 0 Å². The number of nitrogens with one attached hydrogen (secondary N) is 1. The van der Waals surface area contributed by atoms with Crippen LogP contribution in [0.3, 0.4) is 0 Å². The highest BCUT2D eigenvalue weighted by Gasteiger charge is 2.29. The fourth-order valence-corrected chi connectivity index (χ4v) is 4.08. The van der Waals surface area contributed by atoms with Crippen LogP contribution >= 0.6 is 11.3 Å². The van der Waals surface area contributed by atoms with Gasteiger partial charge < -0.3 is 5.43 Å². The molecule has 0 aliphatic rings. The lowest BCUT2D eigenvalue weighted by atomic mass is 10.5. The summed E-state index contributed by atoms with van der Waals surface area (Å²) in [5.41, 5.74) is 1.73. The zero-order valence-corrected chi connectivity index (χ0v) is 12.4. The Balaban J connectivity index is 2.47. The Kier molecular flexibility index (Phi) is 4.06. The van der Waals surface area contributed by atoms with E-state index in [9.17, 15) is 18.5 Å². The molecule has 0 fully saturated rings. The first-order chi connectivity index (χ1) is 9.87. The van der Waals surface area contributed by atoms with E-state index < -0.39 is 20.6 Å². The fourth-order valence-electron chi connectivity index (χ4n) is 1.52. The average molecular weight is 329 g/mol. The van der Waals surface area contributed by atoms with E-state index in [0.717, 1.165) is 10.4 Å². The van der Waals surface area contributed by atoms with E-state index >= 15 is 0 Å². The number of anilines is 2. The predicted molar refractivity (Wildman–Crippen MR) is 78.6 cm³/mol. The van der Waals surface area contributed by atoms with E-state index in [0.29, 0.717) is 11.3 Å². The number of rotatable bonds is 5. The van der Waals surface area contributed by atoms with Gasteiger partial charge in [0.25, 0.3) is 10.0 Å².